The van der Waals surface area contributed by atoms with Gasteiger partial charge in [0.25, 0.3) is 0 Å². The minimum absolute atomic E-state index is 0.322. The smallest absolute Gasteiger partial charge is 0.303 e. The van der Waals surface area contributed by atoms with Crippen LogP contribution < -0.4 is 0 Å². The molecule has 0 aromatic rings. The predicted octanol–water partition coefficient (Wildman–Crippen LogP) is 5.74. The van der Waals surface area contributed by atoms with Gasteiger partial charge in [-0.25, -0.2) is 0 Å². The van der Waals surface area contributed by atoms with Gasteiger partial charge in [0.15, 0.2) is 0 Å². The maximum Gasteiger partial charge on any atom is 0.303 e. The third kappa shape index (κ3) is 16.9. The van der Waals surface area contributed by atoms with Crippen LogP contribution in [0.1, 0.15) is 78.1 Å². The van der Waals surface area contributed by atoms with Crippen molar-refractivity contribution in [2.24, 2.45) is 5.92 Å². The van der Waals surface area contributed by atoms with Crippen LogP contribution in [0.2, 0.25) is 0 Å². The maximum atomic E-state index is 10.3. The molecule has 116 valence electrons. The van der Waals surface area contributed by atoms with E-state index in [4.69, 9.17) is 5.11 Å². The first-order valence-corrected chi connectivity index (χ1v) is 8.14. The van der Waals surface area contributed by atoms with Gasteiger partial charge in [0.1, 0.15) is 0 Å². The molecule has 0 aliphatic heterocycles. The Balaban J connectivity index is 3.21. The molecule has 0 bridgehead atoms. The number of carbonyl (C=O) groups is 1. The number of hydrogen-bond acceptors (Lipinski definition) is 1. The normalized spacial score (nSPS) is 11.9. The minimum Gasteiger partial charge on any atom is -0.481 e. The standard InChI is InChI=1S/C18H32O2/c1-17(2)15-13-11-9-7-5-3-4-6-8-10-12-14-16-18(19)20/h3,5,9,11,17H,4,6-8,10,12-16H2,1-2H3,(H,19,20)/b5-3+,11-9+. The summed E-state index contributed by atoms with van der Waals surface area (Å²) in [5.74, 6) is 0.125. The Morgan fingerprint density at radius 3 is 2.15 bits per heavy atom. The number of carboxylic acids is 1. The number of rotatable bonds is 13. The lowest BCUT2D eigenvalue weighted by Crippen LogP contribution is -1.93. The summed E-state index contributed by atoms with van der Waals surface area (Å²) in [4.78, 5) is 10.3. The van der Waals surface area contributed by atoms with Crippen molar-refractivity contribution >= 4 is 5.97 Å². The highest BCUT2D eigenvalue weighted by Crippen LogP contribution is 2.08. The fourth-order valence-electron chi connectivity index (χ4n) is 2.01. The monoisotopic (exact) mass is 280 g/mol. The zero-order valence-corrected chi connectivity index (χ0v) is 13.3. The Hall–Kier alpha value is -1.05. The zero-order chi connectivity index (χ0) is 15.1. The Bertz CT molecular complexity index is 277. The van der Waals surface area contributed by atoms with Crippen molar-refractivity contribution in [2.75, 3.05) is 0 Å². The third-order valence-electron chi connectivity index (χ3n) is 3.28. The molecule has 2 nitrogen and oxygen atoms in total. The predicted molar refractivity (Wildman–Crippen MR) is 86.9 cm³/mol. The first kappa shape index (κ1) is 18.9. The van der Waals surface area contributed by atoms with Gasteiger partial charge in [-0.15, -0.1) is 0 Å². The van der Waals surface area contributed by atoms with Gasteiger partial charge in [0, 0.05) is 6.42 Å². The molecule has 0 aliphatic rings. The highest BCUT2D eigenvalue weighted by molar-refractivity contribution is 5.66. The number of unbranched alkanes of at least 4 members (excludes halogenated alkanes) is 5. The summed E-state index contributed by atoms with van der Waals surface area (Å²) in [6, 6.07) is 0. The molecule has 0 radical (unpaired) electrons. The summed E-state index contributed by atoms with van der Waals surface area (Å²) in [6.45, 7) is 4.52. The fourth-order valence-corrected chi connectivity index (χ4v) is 2.01. The largest absolute Gasteiger partial charge is 0.481 e. The lowest BCUT2D eigenvalue weighted by molar-refractivity contribution is -0.137. The van der Waals surface area contributed by atoms with Crippen LogP contribution in [0.3, 0.4) is 0 Å². The van der Waals surface area contributed by atoms with Crippen molar-refractivity contribution in [3.05, 3.63) is 24.3 Å². The van der Waals surface area contributed by atoms with Crippen molar-refractivity contribution in [1.82, 2.24) is 0 Å². The summed E-state index contributed by atoms with van der Waals surface area (Å²) in [6.07, 6.45) is 19.5. The molecule has 0 aromatic carbocycles. The van der Waals surface area contributed by atoms with Gasteiger partial charge in [0.05, 0.1) is 0 Å². The van der Waals surface area contributed by atoms with Crippen molar-refractivity contribution < 1.29 is 9.90 Å². The van der Waals surface area contributed by atoms with Gasteiger partial charge < -0.3 is 5.11 Å². The van der Waals surface area contributed by atoms with Crippen LogP contribution in [-0.2, 0) is 4.79 Å². The maximum absolute atomic E-state index is 10.3. The van der Waals surface area contributed by atoms with Crippen LogP contribution in [-0.4, -0.2) is 11.1 Å². The molecule has 20 heavy (non-hydrogen) atoms. The van der Waals surface area contributed by atoms with Gasteiger partial charge in [0.2, 0.25) is 0 Å². The van der Waals surface area contributed by atoms with Crippen molar-refractivity contribution in [1.29, 1.82) is 0 Å². The zero-order valence-electron chi connectivity index (χ0n) is 13.3. The van der Waals surface area contributed by atoms with Gasteiger partial charge in [-0.1, -0.05) is 57.4 Å². The fraction of sp³-hybridized carbons (Fsp3) is 0.722. The van der Waals surface area contributed by atoms with E-state index in [1.54, 1.807) is 0 Å². The summed E-state index contributed by atoms with van der Waals surface area (Å²) < 4.78 is 0. The molecular formula is C18H32O2. The highest BCUT2D eigenvalue weighted by atomic mass is 16.4. The van der Waals surface area contributed by atoms with Gasteiger partial charge >= 0.3 is 5.97 Å². The summed E-state index contributed by atoms with van der Waals surface area (Å²) in [5, 5.41) is 8.50. The molecule has 0 saturated carbocycles. The van der Waals surface area contributed by atoms with Gasteiger partial charge in [-0.2, -0.15) is 0 Å². The van der Waals surface area contributed by atoms with Crippen LogP contribution in [0, 0.1) is 5.92 Å². The molecule has 0 unspecified atom stereocenters. The number of carboxylic acid groups (broad SMARTS) is 1. The molecule has 0 atom stereocenters. The molecule has 0 heterocycles. The Kier molecular flexibility index (Phi) is 13.6. The Morgan fingerprint density at radius 2 is 1.50 bits per heavy atom. The third-order valence-corrected chi connectivity index (χ3v) is 3.28. The van der Waals surface area contributed by atoms with Crippen LogP contribution in [0.4, 0.5) is 0 Å². The summed E-state index contributed by atoms with van der Waals surface area (Å²) >= 11 is 0. The molecule has 0 aromatic heterocycles. The second-order valence-corrected chi connectivity index (χ2v) is 5.85. The molecule has 2 heteroatoms. The number of hydrogen-bond donors (Lipinski definition) is 1. The van der Waals surface area contributed by atoms with Crippen LogP contribution in [0.5, 0.6) is 0 Å². The molecule has 0 saturated heterocycles. The lowest BCUT2D eigenvalue weighted by Gasteiger charge is -1.98. The van der Waals surface area contributed by atoms with E-state index in [-0.39, 0.29) is 0 Å². The molecule has 0 fully saturated rings. The SMILES string of the molecule is CC(C)CC/C=C/C/C=C/CCCCCCCC(=O)O. The lowest BCUT2D eigenvalue weighted by atomic mass is 10.1. The molecule has 0 spiro atoms. The van der Waals surface area contributed by atoms with E-state index >= 15 is 0 Å². The average Bonchev–Trinajstić information content (AvgIpc) is 2.38. The quantitative estimate of drug-likeness (QED) is 0.345. The topological polar surface area (TPSA) is 37.3 Å². The van der Waals surface area contributed by atoms with Gasteiger partial charge in [-0.3, -0.25) is 4.79 Å². The number of allylic oxidation sites excluding steroid dienone is 4. The first-order chi connectivity index (χ1) is 9.63. The molecule has 0 rings (SSSR count). The van der Waals surface area contributed by atoms with E-state index in [9.17, 15) is 4.79 Å². The van der Waals surface area contributed by atoms with E-state index in [1.807, 2.05) is 0 Å². The van der Waals surface area contributed by atoms with Crippen molar-refractivity contribution in [2.45, 2.75) is 78.1 Å². The summed E-state index contributed by atoms with van der Waals surface area (Å²) in [7, 11) is 0. The van der Waals surface area contributed by atoms with Gasteiger partial charge in [-0.05, 0) is 44.4 Å². The minimum atomic E-state index is -0.672. The van der Waals surface area contributed by atoms with E-state index in [1.165, 1.54) is 25.7 Å². The van der Waals surface area contributed by atoms with Crippen molar-refractivity contribution in [3.63, 3.8) is 0 Å². The average molecular weight is 280 g/mol. The van der Waals surface area contributed by atoms with E-state index in [0.717, 1.165) is 38.0 Å². The van der Waals surface area contributed by atoms with Crippen LogP contribution in [0.25, 0.3) is 0 Å². The Morgan fingerprint density at radius 1 is 0.900 bits per heavy atom. The van der Waals surface area contributed by atoms with Crippen molar-refractivity contribution in [3.8, 4) is 0 Å². The Labute approximate surface area is 125 Å². The van der Waals surface area contributed by atoms with E-state index < -0.39 is 5.97 Å². The molecule has 1 N–H and O–H groups in total. The van der Waals surface area contributed by atoms with E-state index in [2.05, 4.69) is 38.2 Å². The molecule has 0 amide bonds. The number of aliphatic carboxylic acids is 1. The second-order valence-electron chi connectivity index (χ2n) is 5.85. The van der Waals surface area contributed by atoms with Crippen LogP contribution >= 0.6 is 0 Å². The van der Waals surface area contributed by atoms with E-state index in [0.29, 0.717) is 6.42 Å². The second kappa shape index (κ2) is 14.4. The first-order valence-electron chi connectivity index (χ1n) is 8.14. The molecule has 0 aliphatic carbocycles. The highest BCUT2D eigenvalue weighted by Gasteiger charge is 1.95. The van der Waals surface area contributed by atoms with Crippen LogP contribution in [0.15, 0.2) is 24.3 Å². The summed E-state index contributed by atoms with van der Waals surface area (Å²) in [5.41, 5.74) is 0. The molecular weight excluding hydrogens is 248 g/mol.